The van der Waals surface area contributed by atoms with Gasteiger partial charge < -0.3 is 4.74 Å². The van der Waals surface area contributed by atoms with E-state index in [-0.39, 0.29) is 5.97 Å². The maximum absolute atomic E-state index is 11.6. The van der Waals surface area contributed by atoms with Crippen LogP contribution in [0.3, 0.4) is 0 Å². The zero-order chi connectivity index (χ0) is 10.8. The summed E-state index contributed by atoms with van der Waals surface area (Å²) >= 11 is 0. The number of hydrogen-bond donors (Lipinski definition) is 0. The maximum atomic E-state index is 11.6. The smallest absolute Gasteiger partial charge is 0.355 e. The van der Waals surface area contributed by atoms with Crippen LogP contribution >= 0.6 is 0 Å². The third kappa shape index (κ3) is 1.70. The molecule has 0 aromatic carbocycles. The Hall–Kier alpha value is -1.84. The zero-order valence-corrected chi connectivity index (χ0v) is 8.73. The Balaban J connectivity index is 2.52. The van der Waals surface area contributed by atoms with Crippen molar-refractivity contribution in [1.29, 1.82) is 0 Å². The second-order valence-corrected chi connectivity index (χ2v) is 3.30. The van der Waals surface area contributed by atoms with Gasteiger partial charge in [0.2, 0.25) is 0 Å². The van der Waals surface area contributed by atoms with Crippen LogP contribution in [0, 0.1) is 6.92 Å². The highest BCUT2D eigenvalue weighted by Gasteiger charge is 2.11. The van der Waals surface area contributed by atoms with Crippen molar-refractivity contribution in [2.45, 2.75) is 13.8 Å². The highest BCUT2D eigenvalue weighted by atomic mass is 16.5. The second-order valence-electron chi connectivity index (χ2n) is 3.30. The molecule has 0 atom stereocenters. The van der Waals surface area contributed by atoms with E-state index in [1.54, 1.807) is 29.7 Å². The molecule has 0 amide bonds. The molecule has 0 aliphatic heterocycles. The van der Waals surface area contributed by atoms with E-state index >= 15 is 0 Å². The van der Waals surface area contributed by atoms with E-state index in [2.05, 4.69) is 4.98 Å². The summed E-state index contributed by atoms with van der Waals surface area (Å²) in [4.78, 5) is 15.8. The van der Waals surface area contributed by atoms with Gasteiger partial charge in [0, 0.05) is 12.4 Å². The average Bonchev–Trinajstić information content (AvgIpc) is 2.60. The summed E-state index contributed by atoms with van der Waals surface area (Å²) in [7, 11) is 0. The molecule has 2 aromatic heterocycles. The Labute approximate surface area is 87.5 Å². The Kier molecular flexibility index (Phi) is 2.41. The first kappa shape index (κ1) is 9.71. The normalized spacial score (nSPS) is 10.5. The second kappa shape index (κ2) is 3.73. The molecule has 2 aromatic rings. The maximum Gasteiger partial charge on any atom is 0.355 e. The molecular weight excluding hydrogens is 192 g/mol. The number of ether oxygens (including phenoxy) is 1. The molecule has 0 saturated carbocycles. The van der Waals surface area contributed by atoms with Gasteiger partial charge in [-0.15, -0.1) is 0 Å². The molecule has 0 bridgehead atoms. The minimum absolute atomic E-state index is 0.315. The van der Waals surface area contributed by atoms with Crippen molar-refractivity contribution >= 4 is 11.6 Å². The van der Waals surface area contributed by atoms with Gasteiger partial charge in [0.25, 0.3) is 0 Å². The number of esters is 1. The number of aryl methyl sites for hydroxylation is 1. The van der Waals surface area contributed by atoms with E-state index in [9.17, 15) is 4.79 Å². The molecule has 4 heteroatoms. The van der Waals surface area contributed by atoms with E-state index in [0.29, 0.717) is 12.3 Å². The highest BCUT2D eigenvalue weighted by Crippen LogP contribution is 2.10. The Bertz CT molecular complexity index is 502. The summed E-state index contributed by atoms with van der Waals surface area (Å²) < 4.78 is 6.69. The van der Waals surface area contributed by atoms with Crippen molar-refractivity contribution in [2.24, 2.45) is 0 Å². The van der Waals surface area contributed by atoms with Crippen molar-refractivity contribution in [2.75, 3.05) is 6.61 Å². The fourth-order valence-corrected chi connectivity index (χ4v) is 1.45. The van der Waals surface area contributed by atoms with Gasteiger partial charge in [-0.2, -0.15) is 0 Å². The zero-order valence-electron chi connectivity index (χ0n) is 8.73. The fraction of sp³-hybridized carbons (Fsp3) is 0.273. The van der Waals surface area contributed by atoms with Crippen LogP contribution in [0.25, 0.3) is 5.65 Å². The van der Waals surface area contributed by atoms with Gasteiger partial charge in [-0.05, 0) is 31.5 Å². The summed E-state index contributed by atoms with van der Waals surface area (Å²) in [5.74, 6) is -0.315. The fourth-order valence-electron chi connectivity index (χ4n) is 1.45. The van der Waals surface area contributed by atoms with Gasteiger partial charge in [0.1, 0.15) is 11.3 Å². The molecule has 0 fully saturated rings. The lowest BCUT2D eigenvalue weighted by Gasteiger charge is -2.02. The number of carbonyl (C=O) groups excluding carboxylic acids is 1. The quantitative estimate of drug-likeness (QED) is 0.701. The predicted octanol–water partition coefficient (Wildman–Crippen LogP) is 1.82. The van der Waals surface area contributed by atoms with E-state index in [0.717, 1.165) is 11.2 Å². The Morgan fingerprint density at radius 3 is 3.07 bits per heavy atom. The molecule has 4 nitrogen and oxygen atoms in total. The van der Waals surface area contributed by atoms with Crippen LogP contribution < -0.4 is 0 Å². The van der Waals surface area contributed by atoms with Crippen LogP contribution in [-0.2, 0) is 4.74 Å². The van der Waals surface area contributed by atoms with E-state index in [1.807, 2.05) is 13.1 Å². The highest BCUT2D eigenvalue weighted by molar-refractivity contribution is 5.89. The van der Waals surface area contributed by atoms with Gasteiger partial charge in [-0.25, -0.2) is 9.78 Å². The first-order chi connectivity index (χ1) is 7.22. The summed E-state index contributed by atoms with van der Waals surface area (Å²) in [6, 6.07) is 3.52. The van der Waals surface area contributed by atoms with Gasteiger partial charge in [0.15, 0.2) is 0 Å². The molecule has 0 aliphatic carbocycles. The number of hydrogen-bond acceptors (Lipinski definition) is 3. The van der Waals surface area contributed by atoms with Crippen LogP contribution in [-0.4, -0.2) is 22.0 Å². The molecule has 78 valence electrons. The SMILES string of the molecule is CCOC(=O)c1ccc2ncc(C)cn12. The average molecular weight is 204 g/mol. The summed E-state index contributed by atoms with van der Waals surface area (Å²) in [6.07, 6.45) is 3.64. The number of rotatable bonds is 2. The van der Waals surface area contributed by atoms with Crippen molar-refractivity contribution in [3.05, 3.63) is 35.8 Å². The van der Waals surface area contributed by atoms with Crippen LogP contribution in [0.15, 0.2) is 24.5 Å². The Morgan fingerprint density at radius 2 is 2.33 bits per heavy atom. The lowest BCUT2D eigenvalue weighted by Crippen LogP contribution is -2.08. The number of fused-ring (bicyclic) bond motifs is 1. The van der Waals surface area contributed by atoms with E-state index in [4.69, 9.17) is 4.74 Å². The largest absolute Gasteiger partial charge is 0.461 e. The van der Waals surface area contributed by atoms with Gasteiger partial charge >= 0.3 is 5.97 Å². The van der Waals surface area contributed by atoms with Crippen molar-refractivity contribution in [1.82, 2.24) is 9.38 Å². The molecule has 15 heavy (non-hydrogen) atoms. The molecular formula is C11H12N2O2. The number of carbonyl (C=O) groups is 1. The molecule has 0 spiro atoms. The van der Waals surface area contributed by atoms with Gasteiger partial charge in [-0.1, -0.05) is 0 Å². The third-order valence-electron chi connectivity index (χ3n) is 2.11. The Morgan fingerprint density at radius 1 is 1.53 bits per heavy atom. The molecule has 2 rings (SSSR count). The van der Waals surface area contributed by atoms with Crippen LogP contribution in [0.4, 0.5) is 0 Å². The molecule has 0 unspecified atom stereocenters. The van der Waals surface area contributed by atoms with E-state index in [1.165, 1.54) is 0 Å². The van der Waals surface area contributed by atoms with E-state index < -0.39 is 0 Å². The van der Waals surface area contributed by atoms with Gasteiger partial charge in [-0.3, -0.25) is 4.40 Å². The van der Waals surface area contributed by atoms with Crippen molar-refractivity contribution in [3.63, 3.8) is 0 Å². The predicted molar refractivity (Wildman–Crippen MR) is 55.9 cm³/mol. The molecule has 2 heterocycles. The number of aromatic nitrogens is 2. The van der Waals surface area contributed by atoms with Crippen molar-refractivity contribution in [3.8, 4) is 0 Å². The standard InChI is InChI=1S/C11H12N2O2/c1-3-15-11(14)9-4-5-10-12-6-8(2)7-13(9)10/h4-7H,3H2,1-2H3. The van der Waals surface area contributed by atoms with Crippen LogP contribution in [0.2, 0.25) is 0 Å². The van der Waals surface area contributed by atoms with Crippen LogP contribution in [0.5, 0.6) is 0 Å². The first-order valence-electron chi connectivity index (χ1n) is 4.83. The van der Waals surface area contributed by atoms with Crippen molar-refractivity contribution < 1.29 is 9.53 Å². The lowest BCUT2D eigenvalue weighted by atomic mass is 10.4. The van der Waals surface area contributed by atoms with Crippen LogP contribution in [0.1, 0.15) is 23.0 Å². The minimum atomic E-state index is -0.315. The third-order valence-corrected chi connectivity index (χ3v) is 2.11. The van der Waals surface area contributed by atoms with Gasteiger partial charge in [0.05, 0.1) is 6.61 Å². The molecule has 0 aliphatic rings. The topological polar surface area (TPSA) is 43.6 Å². The summed E-state index contributed by atoms with van der Waals surface area (Å²) in [5.41, 5.74) is 2.27. The minimum Gasteiger partial charge on any atom is -0.461 e. The molecule has 0 radical (unpaired) electrons. The monoisotopic (exact) mass is 204 g/mol. The first-order valence-corrected chi connectivity index (χ1v) is 4.83. The number of nitrogens with zero attached hydrogens (tertiary/aromatic N) is 2. The lowest BCUT2D eigenvalue weighted by molar-refractivity contribution is 0.0518. The molecule has 0 N–H and O–H groups in total. The summed E-state index contributed by atoms with van der Waals surface area (Å²) in [6.45, 7) is 4.10. The summed E-state index contributed by atoms with van der Waals surface area (Å²) in [5, 5.41) is 0. The molecule has 0 saturated heterocycles.